The lowest BCUT2D eigenvalue weighted by molar-refractivity contribution is 0.354. The molecule has 0 heterocycles. The zero-order chi connectivity index (χ0) is 17.6. The van der Waals surface area contributed by atoms with E-state index in [-0.39, 0.29) is 5.75 Å². The zero-order valence-electron chi connectivity index (χ0n) is 13.9. The third-order valence-electron chi connectivity index (χ3n) is 3.42. The Labute approximate surface area is 142 Å². The zero-order valence-corrected chi connectivity index (χ0v) is 14.7. The lowest BCUT2D eigenvalue weighted by Gasteiger charge is -2.09. The normalized spacial score (nSPS) is 11.5. The fraction of sp³-hybridized carbons (Fsp3) is 0.222. The predicted octanol–water partition coefficient (Wildman–Crippen LogP) is 3.30. The summed E-state index contributed by atoms with van der Waals surface area (Å²) in [7, 11) is 1.20. The lowest BCUT2D eigenvalue weighted by Crippen LogP contribution is -2.00. The molecule has 0 radical (unpaired) electrons. The summed E-state index contributed by atoms with van der Waals surface area (Å²) in [5, 5.41) is 1.19. The van der Waals surface area contributed by atoms with Gasteiger partial charge in [-0.2, -0.15) is 0 Å². The largest absolute Gasteiger partial charge is 0.497 e. The van der Waals surface area contributed by atoms with E-state index in [9.17, 15) is 8.42 Å². The van der Waals surface area contributed by atoms with Crippen molar-refractivity contribution in [2.75, 3.05) is 21.3 Å². The fourth-order valence-corrected chi connectivity index (χ4v) is 3.33. The van der Waals surface area contributed by atoms with Crippen LogP contribution < -0.4 is 14.2 Å². The van der Waals surface area contributed by atoms with Crippen LogP contribution in [0.2, 0.25) is 0 Å². The number of methoxy groups -OCH3 is 3. The number of hydrogen-bond acceptors (Lipinski definition) is 5. The van der Waals surface area contributed by atoms with Crippen LogP contribution >= 0.6 is 0 Å². The van der Waals surface area contributed by atoms with Crippen molar-refractivity contribution in [3.63, 3.8) is 0 Å². The molecule has 0 aliphatic rings. The van der Waals surface area contributed by atoms with Crippen LogP contribution in [0, 0.1) is 0 Å². The van der Waals surface area contributed by atoms with Crippen LogP contribution in [0.1, 0.15) is 11.1 Å². The molecule has 0 aromatic heterocycles. The molecule has 0 amide bonds. The van der Waals surface area contributed by atoms with Crippen LogP contribution in [0.5, 0.6) is 17.2 Å². The van der Waals surface area contributed by atoms with Gasteiger partial charge in [-0.15, -0.1) is 0 Å². The number of sulfone groups is 1. The molecule has 0 N–H and O–H groups in total. The van der Waals surface area contributed by atoms with Crippen molar-refractivity contribution in [2.24, 2.45) is 0 Å². The van der Waals surface area contributed by atoms with Crippen LogP contribution in [0.4, 0.5) is 0 Å². The van der Waals surface area contributed by atoms with Crippen molar-refractivity contribution in [3.8, 4) is 17.2 Å². The van der Waals surface area contributed by atoms with E-state index in [2.05, 4.69) is 0 Å². The summed E-state index contributed by atoms with van der Waals surface area (Å²) in [6.45, 7) is 0. The average molecular weight is 348 g/mol. The lowest BCUT2D eigenvalue weighted by atomic mass is 10.2. The Morgan fingerprint density at radius 1 is 0.917 bits per heavy atom. The van der Waals surface area contributed by atoms with Gasteiger partial charge < -0.3 is 14.2 Å². The fourth-order valence-electron chi connectivity index (χ4n) is 2.22. The second kappa shape index (κ2) is 7.88. The minimum absolute atomic E-state index is 0.0836. The summed E-state index contributed by atoms with van der Waals surface area (Å²) in [5.74, 6) is 1.65. The van der Waals surface area contributed by atoms with Gasteiger partial charge in [0, 0.05) is 11.0 Å². The summed E-state index contributed by atoms with van der Waals surface area (Å²) in [4.78, 5) is 0. The molecule has 0 fully saturated rings. The monoisotopic (exact) mass is 348 g/mol. The van der Waals surface area contributed by atoms with Gasteiger partial charge in [0.25, 0.3) is 0 Å². The van der Waals surface area contributed by atoms with E-state index in [0.29, 0.717) is 28.4 Å². The quantitative estimate of drug-likeness (QED) is 0.768. The standard InChI is InChI=1S/C18H20O5S/c1-21-16-9-7-14(8-10-16)13-24(19,20)12-11-15-5-4-6-17(22-2)18(15)23-3/h4-12H,13H2,1-3H3/b12-11+. The Kier molecular flexibility index (Phi) is 5.87. The second-order valence-electron chi connectivity index (χ2n) is 5.04. The van der Waals surface area contributed by atoms with Gasteiger partial charge in [-0.05, 0) is 29.8 Å². The van der Waals surface area contributed by atoms with Gasteiger partial charge in [0.1, 0.15) is 5.75 Å². The Balaban J connectivity index is 2.20. The third-order valence-corrected chi connectivity index (χ3v) is 4.70. The van der Waals surface area contributed by atoms with E-state index in [0.717, 1.165) is 0 Å². The molecule has 0 atom stereocenters. The molecule has 0 bridgehead atoms. The molecule has 0 aliphatic heterocycles. The van der Waals surface area contributed by atoms with Gasteiger partial charge in [-0.3, -0.25) is 0 Å². The van der Waals surface area contributed by atoms with E-state index in [1.165, 1.54) is 25.7 Å². The highest BCUT2D eigenvalue weighted by molar-refractivity contribution is 7.93. The molecule has 24 heavy (non-hydrogen) atoms. The van der Waals surface area contributed by atoms with E-state index in [1.54, 1.807) is 49.6 Å². The van der Waals surface area contributed by atoms with E-state index in [1.807, 2.05) is 0 Å². The molecule has 5 nitrogen and oxygen atoms in total. The molecule has 2 aromatic carbocycles. The van der Waals surface area contributed by atoms with Crippen LogP contribution in [0.25, 0.3) is 6.08 Å². The molecular weight excluding hydrogens is 328 g/mol. The van der Waals surface area contributed by atoms with Crippen molar-refractivity contribution >= 4 is 15.9 Å². The van der Waals surface area contributed by atoms with Crippen LogP contribution in [0.3, 0.4) is 0 Å². The second-order valence-corrected chi connectivity index (χ2v) is 6.93. The van der Waals surface area contributed by atoms with E-state index >= 15 is 0 Å². The minimum atomic E-state index is -3.41. The maximum atomic E-state index is 12.3. The van der Waals surface area contributed by atoms with Crippen molar-refractivity contribution in [3.05, 3.63) is 59.0 Å². The van der Waals surface area contributed by atoms with Crippen LogP contribution in [0.15, 0.2) is 47.9 Å². The molecule has 128 valence electrons. The molecular formula is C18H20O5S. The Bertz CT molecular complexity index is 808. The highest BCUT2D eigenvalue weighted by atomic mass is 32.2. The molecule has 2 aromatic rings. The summed E-state index contributed by atoms with van der Waals surface area (Å²) < 4.78 is 40.1. The van der Waals surface area contributed by atoms with Crippen LogP contribution in [-0.4, -0.2) is 29.7 Å². The third kappa shape index (κ3) is 4.52. The first-order valence-corrected chi connectivity index (χ1v) is 8.95. The number of para-hydroxylation sites is 1. The topological polar surface area (TPSA) is 61.8 Å². The molecule has 0 unspecified atom stereocenters. The first-order valence-electron chi connectivity index (χ1n) is 7.24. The van der Waals surface area contributed by atoms with Gasteiger partial charge in [-0.1, -0.05) is 24.3 Å². The molecule has 6 heteroatoms. The maximum Gasteiger partial charge on any atom is 0.175 e. The highest BCUT2D eigenvalue weighted by Crippen LogP contribution is 2.31. The molecule has 0 saturated heterocycles. The molecule has 2 rings (SSSR count). The van der Waals surface area contributed by atoms with Gasteiger partial charge in [0.2, 0.25) is 0 Å². The van der Waals surface area contributed by atoms with Gasteiger partial charge >= 0.3 is 0 Å². The van der Waals surface area contributed by atoms with Crippen molar-refractivity contribution in [1.29, 1.82) is 0 Å². The maximum absolute atomic E-state index is 12.3. The van der Waals surface area contributed by atoms with Crippen molar-refractivity contribution in [1.82, 2.24) is 0 Å². The van der Waals surface area contributed by atoms with Crippen molar-refractivity contribution in [2.45, 2.75) is 5.75 Å². The smallest absolute Gasteiger partial charge is 0.175 e. The minimum Gasteiger partial charge on any atom is -0.497 e. The van der Waals surface area contributed by atoms with Gasteiger partial charge in [-0.25, -0.2) is 8.42 Å². The van der Waals surface area contributed by atoms with E-state index in [4.69, 9.17) is 14.2 Å². The number of rotatable bonds is 7. The molecule has 0 aliphatic carbocycles. The summed E-state index contributed by atoms with van der Waals surface area (Å²) >= 11 is 0. The summed E-state index contributed by atoms with van der Waals surface area (Å²) in [6, 6.07) is 12.2. The van der Waals surface area contributed by atoms with Crippen LogP contribution in [-0.2, 0) is 15.6 Å². The Morgan fingerprint density at radius 2 is 1.62 bits per heavy atom. The highest BCUT2D eigenvalue weighted by Gasteiger charge is 2.11. The first-order chi connectivity index (χ1) is 11.5. The summed E-state index contributed by atoms with van der Waals surface area (Å²) in [5.41, 5.74) is 1.33. The number of hydrogen-bond donors (Lipinski definition) is 0. The summed E-state index contributed by atoms with van der Waals surface area (Å²) in [6.07, 6.45) is 1.51. The number of ether oxygens (including phenoxy) is 3. The predicted molar refractivity (Wildman–Crippen MR) is 94.2 cm³/mol. The molecule has 0 saturated carbocycles. The molecule has 0 spiro atoms. The van der Waals surface area contributed by atoms with E-state index < -0.39 is 9.84 Å². The SMILES string of the molecule is COc1ccc(CS(=O)(=O)/C=C/c2cccc(OC)c2OC)cc1. The number of benzene rings is 2. The Morgan fingerprint density at radius 3 is 2.21 bits per heavy atom. The Hall–Kier alpha value is -2.47. The average Bonchev–Trinajstić information content (AvgIpc) is 2.59. The van der Waals surface area contributed by atoms with Crippen molar-refractivity contribution < 1.29 is 22.6 Å². The van der Waals surface area contributed by atoms with Gasteiger partial charge in [0.05, 0.1) is 27.1 Å². The van der Waals surface area contributed by atoms with Gasteiger partial charge in [0.15, 0.2) is 21.3 Å². The first kappa shape index (κ1) is 17.9.